The van der Waals surface area contributed by atoms with E-state index in [-0.39, 0.29) is 0 Å². The summed E-state index contributed by atoms with van der Waals surface area (Å²) in [6.45, 7) is 1.50. The Labute approximate surface area is 144 Å². The Kier molecular flexibility index (Phi) is 3.77. The second kappa shape index (κ2) is 6.08. The van der Waals surface area contributed by atoms with Crippen molar-refractivity contribution in [3.63, 3.8) is 0 Å². The van der Waals surface area contributed by atoms with Crippen molar-refractivity contribution in [2.75, 3.05) is 7.05 Å². The fourth-order valence-corrected chi connectivity index (χ4v) is 4.04. The summed E-state index contributed by atoms with van der Waals surface area (Å²) in [5.41, 5.74) is 3.82. The summed E-state index contributed by atoms with van der Waals surface area (Å²) >= 11 is 1.73. The van der Waals surface area contributed by atoms with E-state index in [0.29, 0.717) is 0 Å². The van der Waals surface area contributed by atoms with Crippen LogP contribution in [0.4, 0.5) is 0 Å². The Hall–Kier alpha value is -2.68. The fourth-order valence-electron chi connectivity index (χ4n) is 2.99. The molecule has 0 aliphatic carbocycles. The maximum Gasteiger partial charge on any atom is 0.108 e. The van der Waals surface area contributed by atoms with E-state index in [1.807, 2.05) is 53.2 Å². The van der Waals surface area contributed by atoms with Crippen LogP contribution in [0.25, 0.3) is 15.7 Å². The molecule has 4 aromatic rings. The number of rotatable bonds is 4. The van der Waals surface area contributed by atoms with E-state index in [1.54, 1.807) is 11.3 Å². The summed E-state index contributed by atoms with van der Waals surface area (Å²) in [6, 6.07) is 16.5. The summed E-state index contributed by atoms with van der Waals surface area (Å²) < 4.78 is 3.23. The van der Waals surface area contributed by atoms with Gasteiger partial charge in [0.15, 0.2) is 0 Å². The minimum atomic E-state index is 0.723. The number of fused-ring (bicyclic) bond motifs is 2. The van der Waals surface area contributed by atoms with Gasteiger partial charge in [-0.25, -0.2) is 4.98 Å². The highest BCUT2D eigenvalue weighted by Crippen LogP contribution is 2.24. The minimum absolute atomic E-state index is 0.723. The Morgan fingerprint density at radius 2 is 2.00 bits per heavy atom. The van der Waals surface area contributed by atoms with Crippen molar-refractivity contribution in [2.45, 2.75) is 13.1 Å². The van der Waals surface area contributed by atoms with Crippen molar-refractivity contribution in [1.29, 1.82) is 5.26 Å². The van der Waals surface area contributed by atoms with E-state index in [2.05, 4.69) is 29.1 Å². The second-order valence-corrected chi connectivity index (χ2v) is 7.00. The quantitative estimate of drug-likeness (QED) is 0.566. The first-order chi connectivity index (χ1) is 11.7. The number of nitrogens with zero attached hydrogens (tertiary/aromatic N) is 4. The van der Waals surface area contributed by atoms with Gasteiger partial charge < -0.3 is 4.40 Å². The molecule has 0 atom stereocenters. The molecule has 4 rings (SSSR count). The lowest BCUT2D eigenvalue weighted by atomic mass is 10.1. The third-order valence-corrected chi connectivity index (χ3v) is 5.08. The van der Waals surface area contributed by atoms with Crippen LogP contribution in [0, 0.1) is 11.3 Å². The van der Waals surface area contributed by atoms with E-state index < -0.39 is 0 Å². The molecule has 0 radical (unpaired) electrons. The molecule has 5 heteroatoms. The van der Waals surface area contributed by atoms with E-state index in [4.69, 9.17) is 0 Å². The van der Waals surface area contributed by atoms with Crippen molar-refractivity contribution < 1.29 is 0 Å². The van der Waals surface area contributed by atoms with Crippen LogP contribution < -0.4 is 0 Å². The monoisotopic (exact) mass is 332 g/mol. The fraction of sp³-hybridized carbons (Fsp3) is 0.158. The van der Waals surface area contributed by atoms with Gasteiger partial charge >= 0.3 is 0 Å². The Morgan fingerprint density at radius 3 is 2.83 bits per heavy atom. The van der Waals surface area contributed by atoms with E-state index >= 15 is 0 Å². The molecule has 24 heavy (non-hydrogen) atoms. The molecule has 1 aromatic carbocycles. The number of pyridine rings is 1. The van der Waals surface area contributed by atoms with Crippen LogP contribution in [0.2, 0.25) is 0 Å². The van der Waals surface area contributed by atoms with Gasteiger partial charge in [0, 0.05) is 24.5 Å². The summed E-state index contributed by atoms with van der Waals surface area (Å²) in [5, 5.41) is 10.6. The van der Waals surface area contributed by atoms with Crippen LogP contribution in [0.5, 0.6) is 0 Å². The Morgan fingerprint density at radius 1 is 1.17 bits per heavy atom. The van der Waals surface area contributed by atoms with Crippen LogP contribution in [0.3, 0.4) is 0 Å². The largest absolute Gasteiger partial charge is 0.322 e. The number of aromatic nitrogens is 2. The van der Waals surface area contributed by atoms with Crippen molar-refractivity contribution in [3.8, 4) is 6.07 Å². The molecule has 3 aromatic heterocycles. The molecular formula is C19H16N4S. The molecular weight excluding hydrogens is 316 g/mol. The number of para-hydroxylation sites is 1. The molecule has 0 unspecified atom stereocenters. The lowest BCUT2D eigenvalue weighted by Crippen LogP contribution is -2.17. The van der Waals surface area contributed by atoms with Gasteiger partial charge in [0.1, 0.15) is 11.1 Å². The molecule has 0 aliphatic heterocycles. The van der Waals surface area contributed by atoms with Crippen LogP contribution in [0.1, 0.15) is 16.1 Å². The molecule has 0 N–H and O–H groups in total. The Balaban J connectivity index is 1.58. The van der Waals surface area contributed by atoms with Gasteiger partial charge in [0.05, 0.1) is 27.8 Å². The van der Waals surface area contributed by atoms with Crippen LogP contribution >= 0.6 is 11.3 Å². The highest BCUT2D eigenvalue weighted by molar-refractivity contribution is 7.18. The Bertz CT molecular complexity index is 1020. The second-order valence-electron chi connectivity index (χ2n) is 5.88. The number of nitriles is 1. The summed E-state index contributed by atoms with van der Waals surface area (Å²) in [6.07, 6.45) is 4.02. The zero-order valence-corrected chi connectivity index (χ0v) is 14.1. The average molecular weight is 332 g/mol. The van der Waals surface area contributed by atoms with Crippen LogP contribution in [0.15, 0.2) is 54.9 Å². The summed E-state index contributed by atoms with van der Waals surface area (Å²) in [5.74, 6) is 0. The first kappa shape index (κ1) is 14.9. The SMILES string of the molecule is CN(Cc1nc2ccccc2s1)Cc1cn2ccccc2c1C#N. The van der Waals surface area contributed by atoms with Crippen molar-refractivity contribution in [1.82, 2.24) is 14.3 Å². The highest BCUT2D eigenvalue weighted by atomic mass is 32.1. The van der Waals surface area contributed by atoms with Gasteiger partial charge in [0.25, 0.3) is 0 Å². The molecule has 0 saturated carbocycles. The number of hydrogen-bond acceptors (Lipinski definition) is 4. The third-order valence-electron chi connectivity index (χ3n) is 4.06. The van der Waals surface area contributed by atoms with Crippen LogP contribution in [-0.4, -0.2) is 21.3 Å². The normalized spacial score (nSPS) is 11.4. The molecule has 3 heterocycles. The highest BCUT2D eigenvalue weighted by Gasteiger charge is 2.13. The molecule has 0 spiro atoms. The number of thiazole rings is 1. The van der Waals surface area contributed by atoms with Gasteiger partial charge in [-0.1, -0.05) is 18.2 Å². The maximum absolute atomic E-state index is 9.51. The summed E-state index contributed by atoms with van der Waals surface area (Å²) in [4.78, 5) is 6.89. The lowest BCUT2D eigenvalue weighted by Gasteiger charge is -2.14. The van der Waals surface area contributed by atoms with Gasteiger partial charge in [-0.2, -0.15) is 5.26 Å². The average Bonchev–Trinajstić information content (AvgIpc) is 3.14. The minimum Gasteiger partial charge on any atom is -0.322 e. The molecule has 118 valence electrons. The number of benzene rings is 1. The van der Waals surface area contributed by atoms with Gasteiger partial charge in [-0.15, -0.1) is 11.3 Å². The molecule has 4 nitrogen and oxygen atoms in total. The van der Waals surface area contributed by atoms with Crippen LogP contribution in [-0.2, 0) is 13.1 Å². The van der Waals surface area contributed by atoms with Crippen molar-refractivity contribution in [2.24, 2.45) is 0 Å². The molecule has 0 saturated heterocycles. The summed E-state index contributed by atoms with van der Waals surface area (Å²) in [7, 11) is 2.07. The predicted octanol–water partition coefficient (Wildman–Crippen LogP) is 4.05. The van der Waals surface area contributed by atoms with E-state index in [9.17, 15) is 5.26 Å². The lowest BCUT2D eigenvalue weighted by molar-refractivity contribution is 0.318. The smallest absolute Gasteiger partial charge is 0.108 e. The molecule has 0 aliphatic rings. The van der Waals surface area contributed by atoms with Gasteiger partial charge in [-0.05, 0) is 31.3 Å². The first-order valence-corrected chi connectivity index (χ1v) is 8.58. The van der Waals surface area contributed by atoms with Gasteiger partial charge in [-0.3, -0.25) is 4.90 Å². The van der Waals surface area contributed by atoms with E-state index in [1.165, 1.54) is 4.70 Å². The molecule has 0 bridgehead atoms. The predicted molar refractivity (Wildman–Crippen MR) is 96.9 cm³/mol. The zero-order chi connectivity index (χ0) is 16.5. The topological polar surface area (TPSA) is 44.3 Å². The molecule has 0 amide bonds. The van der Waals surface area contributed by atoms with Crippen molar-refractivity contribution in [3.05, 3.63) is 71.0 Å². The molecule has 0 fully saturated rings. The number of hydrogen-bond donors (Lipinski definition) is 0. The van der Waals surface area contributed by atoms with Crippen molar-refractivity contribution >= 4 is 27.1 Å². The standard InChI is InChI=1S/C19H16N4S/c1-22(13-19-21-16-6-2-3-8-18(16)24-19)11-14-12-23-9-5-4-7-17(23)15(14)10-20/h2-9,12H,11,13H2,1H3. The van der Waals surface area contributed by atoms with E-state index in [0.717, 1.165) is 40.3 Å². The third kappa shape index (κ3) is 2.67. The van der Waals surface area contributed by atoms with Gasteiger partial charge in [0.2, 0.25) is 0 Å². The zero-order valence-electron chi connectivity index (χ0n) is 13.3. The first-order valence-electron chi connectivity index (χ1n) is 7.76. The maximum atomic E-state index is 9.51.